The third kappa shape index (κ3) is 4.00. The summed E-state index contributed by atoms with van der Waals surface area (Å²) >= 11 is 1.41. The molecular weight excluding hydrogens is 445 g/mol. The van der Waals surface area contributed by atoms with Crippen molar-refractivity contribution in [1.29, 1.82) is 0 Å². The van der Waals surface area contributed by atoms with Crippen LogP contribution in [0.25, 0.3) is 10.6 Å². The zero-order chi connectivity index (χ0) is 23.2. The maximum atomic E-state index is 14.7. The fourth-order valence-corrected chi connectivity index (χ4v) is 5.55. The lowest BCUT2D eigenvalue weighted by atomic mass is 10.0. The summed E-state index contributed by atoms with van der Waals surface area (Å²) < 4.78 is 21.7. The number of aromatic nitrogens is 4. The van der Waals surface area contributed by atoms with Crippen molar-refractivity contribution in [2.24, 2.45) is 7.05 Å². The van der Waals surface area contributed by atoms with Gasteiger partial charge in [0.1, 0.15) is 11.5 Å². The summed E-state index contributed by atoms with van der Waals surface area (Å²) in [4.78, 5) is 27.5. The van der Waals surface area contributed by atoms with Gasteiger partial charge in [0.15, 0.2) is 5.82 Å². The number of halogens is 1. The standard InChI is InChI=1S/C22H26FN7O2S/c1-22(2)19-14(20(31)30(22)7-6-29-8-10-32-11-9-29)12-16(33-19)18-15(23)13-24-21(27-18)26-17-4-5-25-28(17)3/h4-5,12-13H,6-11H2,1-3H3,(H,24,26,27). The van der Waals surface area contributed by atoms with Crippen molar-refractivity contribution in [3.8, 4) is 10.6 Å². The zero-order valence-corrected chi connectivity index (χ0v) is 19.7. The second-order valence-corrected chi connectivity index (χ2v) is 9.73. The molecule has 0 radical (unpaired) electrons. The number of amides is 1. The van der Waals surface area contributed by atoms with Crippen LogP contribution in [0.1, 0.15) is 29.1 Å². The monoisotopic (exact) mass is 471 g/mol. The molecule has 0 aromatic carbocycles. The maximum Gasteiger partial charge on any atom is 0.255 e. The van der Waals surface area contributed by atoms with E-state index >= 15 is 0 Å². The number of carbonyl (C=O) groups is 1. The molecule has 5 rings (SSSR count). The van der Waals surface area contributed by atoms with Gasteiger partial charge in [-0.15, -0.1) is 11.3 Å². The number of fused-ring (bicyclic) bond motifs is 1. The Labute approximate surface area is 195 Å². The van der Waals surface area contributed by atoms with E-state index in [9.17, 15) is 9.18 Å². The first kappa shape index (κ1) is 21.9. The fraction of sp³-hybridized carbons (Fsp3) is 0.455. The molecule has 0 aliphatic carbocycles. The molecule has 0 unspecified atom stereocenters. The first-order chi connectivity index (χ1) is 15.8. The number of rotatable bonds is 6. The van der Waals surface area contributed by atoms with Crippen LogP contribution in [0.4, 0.5) is 16.2 Å². The zero-order valence-electron chi connectivity index (χ0n) is 18.8. The lowest BCUT2D eigenvalue weighted by Crippen LogP contribution is -2.46. The van der Waals surface area contributed by atoms with Gasteiger partial charge < -0.3 is 15.0 Å². The highest BCUT2D eigenvalue weighted by molar-refractivity contribution is 7.16. The minimum Gasteiger partial charge on any atom is -0.379 e. The second kappa shape index (κ2) is 8.47. The molecule has 5 heterocycles. The van der Waals surface area contributed by atoms with E-state index < -0.39 is 11.4 Å². The average Bonchev–Trinajstić information content (AvgIpc) is 3.46. The van der Waals surface area contributed by atoms with Crippen LogP contribution in [-0.4, -0.2) is 74.8 Å². The summed E-state index contributed by atoms with van der Waals surface area (Å²) in [5, 5.41) is 7.14. The van der Waals surface area contributed by atoms with Gasteiger partial charge in [0.25, 0.3) is 5.91 Å². The van der Waals surface area contributed by atoms with Gasteiger partial charge in [-0.3, -0.25) is 14.4 Å². The van der Waals surface area contributed by atoms with Crippen LogP contribution in [-0.2, 0) is 17.3 Å². The van der Waals surface area contributed by atoms with Gasteiger partial charge >= 0.3 is 0 Å². The molecule has 1 amide bonds. The van der Waals surface area contributed by atoms with E-state index in [4.69, 9.17) is 4.74 Å². The minimum absolute atomic E-state index is 0.0199. The topological polar surface area (TPSA) is 88.4 Å². The Bertz CT molecular complexity index is 1190. The summed E-state index contributed by atoms with van der Waals surface area (Å²) in [7, 11) is 1.79. The van der Waals surface area contributed by atoms with Crippen LogP contribution in [0.5, 0.6) is 0 Å². The number of aryl methyl sites for hydroxylation is 1. The number of thiophene rings is 1. The van der Waals surface area contributed by atoms with E-state index in [1.165, 1.54) is 11.3 Å². The molecule has 11 heteroatoms. The molecule has 2 aliphatic heterocycles. The molecule has 9 nitrogen and oxygen atoms in total. The number of carbonyl (C=O) groups excluding carboxylic acids is 1. The summed E-state index contributed by atoms with van der Waals surface area (Å²) in [6.07, 6.45) is 2.79. The molecule has 1 fully saturated rings. The van der Waals surface area contributed by atoms with Crippen LogP contribution >= 0.6 is 11.3 Å². The summed E-state index contributed by atoms with van der Waals surface area (Å²) in [5.41, 5.74) is 0.333. The smallest absolute Gasteiger partial charge is 0.255 e. The molecule has 33 heavy (non-hydrogen) atoms. The molecule has 1 N–H and O–H groups in total. The summed E-state index contributed by atoms with van der Waals surface area (Å²) in [6, 6.07) is 3.54. The van der Waals surface area contributed by atoms with Gasteiger partial charge in [0.05, 0.1) is 41.6 Å². The van der Waals surface area contributed by atoms with E-state index in [0.717, 1.165) is 43.9 Å². The number of hydrogen-bond donors (Lipinski definition) is 1. The van der Waals surface area contributed by atoms with Crippen molar-refractivity contribution in [2.75, 3.05) is 44.7 Å². The highest BCUT2D eigenvalue weighted by Crippen LogP contribution is 2.46. The van der Waals surface area contributed by atoms with Crippen LogP contribution in [0.3, 0.4) is 0 Å². The van der Waals surface area contributed by atoms with Crippen molar-refractivity contribution in [2.45, 2.75) is 19.4 Å². The highest BCUT2D eigenvalue weighted by atomic mass is 32.1. The number of nitrogens with zero attached hydrogens (tertiary/aromatic N) is 6. The largest absolute Gasteiger partial charge is 0.379 e. The third-order valence-electron chi connectivity index (χ3n) is 6.22. The molecule has 174 valence electrons. The molecule has 3 aromatic rings. The molecule has 3 aromatic heterocycles. The van der Waals surface area contributed by atoms with E-state index in [1.807, 2.05) is 18.7 Å². The summed E-state index contributed by atoms with van der Waals surface area (Å²) in [6.45, 7) is 8.77. The molecular formula is C22H26FN7O2S. The number of morpholine rings is 1. The molecule has 1 saturated heterocycles. The lowest BCUT2D eigenvalue weighted by molar-refractivity contribution is 0.0263. The van der Waals surface area contributed by atoms with Crippen LogP contribution in [0.2, 0.25) is 0 Å². The van der Waals surface area contributed by atoms with Crippen molar-refractivity contribution >= 4 is 29.0 Å². The van der Waals surface area contributed by atoms with E-state index in [0.29, 0.717) is 22.8 Å². The van der Waals surface area contributed by atoms with E-state index in [2.05, 4.69) is 25.3 Å². The number of nitrogens with one attached hydrogen (secondary N) is 1. The van der Waals surface area contributed by atoms with Crippen molar-refractivity contribution < 1.29 is 13.9 Å². The SMILES string of the molecule is Cn1nccc1Nc1ncc(F)c(-c2cc3c(s2)C(C)(C)N(CCN2CCOCC2)C3=O)n1. The van der Waals surface area contributed by atoms with Gasteiger partial charge in [0, 0.05) is 44.2 Å². The Morgan fingerprint density at radius 1 is 1.27 bits per heavy atom. The Kier molecular flexibility index (Phi) is 5.63. The maximum absolute atomic E-state index is 14.7. The number of ether oxygens (including phenoxy) is 1. The Hall–Kier alpha value is -2.89. The van der Waals surface area contributed by atoms with Crippen LogP contribution in [0.15, 0.2) is 24.5 Å². The molecule has 0 bridgehead atoms. The summed E-state index contributed by atoms with van der Waals surface area (Å²) in [5.74, 6) is 0.406. The highest BCUT2D eigenvalue weighted by Gasteiger charge is 2.45. The van der Waals surface area contributed by atoms with Gasteiger partial charge in [-0.05, 0) is 19.9 Å². The molecule has 0 saturated carbocycles. The molecule has 2 aliphatic rings. The van der Waals surface area contributed by atoms with Crippen LogP contribution < -0.4 is 5.32 Å². The minimum atomic E-state index is -0.528. The first-order valence-corrected chi connectivity index (χ1v) is 11.7. The predicted octanol–water partition coefficient (Wildman–Crippen LogP) is 2.84. The van der Waals surface area contributed by atoms with Crippen LogP contribution in [0, 0.1) is 5.82 Å². The molecule has 0 spiro atoms. The quantitative estimate of drug-likeness (QED) is 0.591. The number of anilines is 2. The Balaban J connectivity index is 1.38. The third-order valence-corrected chi connectivity index (χ3v) is 7.67. The van der Waals surface area contributed by atoms with E-state index in [-0.39, 0.29) is 17.5 Å². The van der Waals surface area contributed by atoms with Gasteiger partial charge in [-0.1, -0.05) is 0 Å². The average molecular weight is 472 g/mol. The van der Waals surface area contributed by atoms with Gasteiger partial charge in [0.2, 0.25) is 5.95 Å². The normalized spacial score (nSPS) is 18.1. The van der Waals surface area contributed by atoms with Gasteiger partial charge in [-0.25, -0.2) is 14.4 Å². The van der Waals surface area contributed by atoms with E-state index in [1.54, 1.807) is 30.1 Å². The predicted molar refractivity (Wildman–Crippen MR) is 123 cm³/mol. The van der Waals surface area contributed by atoms with Crippen molar-refractivity contribution in [3.63, 3.8) is 0 Å². The Morgan fingerprint density at radius 3 is 2.76 bits per heavy atom. The lowest BCUT2D eigenvalue weighted by Gasteiger charge is -2.35. The van der Waals surface area contributed by atoms with Crippen molar-refractivity contribution in [1.82, 2.24) is 29.5 Å². The van der Waals surface area contributed by atoms with Gasteiger partial charge in [-0.2, -0.15) is 5.10 Å². The Morgan fingerprint density at radius 2 is 2.06 bits per heavy atom. The fourth-order valence-electron chi connectivity index (χ4n) is 4.30. The second-order valence-electron chi connectivity index (χ2n) is 8.68. The van der Waals surface area contributed by atoms with Crippen molar-refractivity contribution in [3.05, 3.63) is 40.8 Å². The number of hydrogen-bond acceptors (Lipinski definition) is 8. The molecule has 0 atom stereocenters. The first-order valence-electron chi connectivity index (χ1n) is 10.9.